The summed E-state index contributed by atoms with van der Waals surface area (Å²) in [6.07, 6.45) is 1.97. The average molecular weight is 210 g/mol. The van der Waals surface area contributed by atoms with Crippen LogP contribution < -0.4 is 0 Å². The van der Waals surface area contributed by atoms with Gasteiger partial charge in [-0.05, 0) is 11.0 Å². The Balaban J connectivity index is 3.27. The lowest BCUT2D eigenvalue weighted by molar-refractivity contribution is 1.34. The molecule has 3 heteroatoms. The van der Waals surface area contributed by atoms with Crippen LogP contribution in [0, 0.1) is 0 Å². The normalized spacial score (nSPS) is 12.1. The van der Waals surface area contributed by atoms with Crippen LogP contribution in [0.4, 0.5) is 0 Å². The first-order valence-corrected chi connectivity index (χ1v) is 4.02. The van der Waals surface area contributed by atoms with E-state index < -0.39 is 0 Å². The van der Waals surface area contributed by atoms with Gasteiger partial charge in [-0.25, -0.2) is 0 Å². The molecule has 0 radical (unpaired) electrons. The van der Waals surface area contributed by atoms with E-state index in [0.717, 1.165) is 0 Å². The van der Waals surface area contributed by atoms with Gasteiger partial charge in [0.2, 0.25) is 0 Å². The van der Waals surface area contributed by atoms with E-state index in [-0.39, 0.29) is 21.0 Å². The molecule has 0 amide bonds. The molecule has 0 N–H and O–H groups in total. The van der Waals surface area contributed by atoms with Gasteiger partial charge in [0.1, 0.15) is 0 Å². The molecular weight excluding hydrogens is 203 g/mol. The first-order valence-electron chi connectivity index (χ1n) is 1.81. The fourth-order valence-corrected chi connectivity index (χ4v) is 0.754. The number of halogens is 1. The van der Waals surface area contributed by atoms with Gasteiger partial charge in [-0.3, -0.25) is 0 Å². The minimum Gasteiger partial charge on any atom is -0.162 e. The third-order valence-corrected chi connectivity index (χ3v) is 1.87. The molecule has 2 nitrogen and oxygen atoms in total. The maximum Gasteiger partial charge on any atom is 0.0490 e. The second-order valence-corrected chi connectivity index (χ2v) is 2.48. The van der Waals surface area contributed by atoms with Gasteiger partial charge >= 0.3 is 0 Å². The zero-order valence-electron chi connectivity index (χ0n) is 4.13. The van der Waals surface area contributed by atoms with Crippen molar-refractivity contribution in [1.82, 2.24) is 0 Å². The van der Waals surface area contributed by atoms with Crippen molar-refractivity contribution < 1.29 is 0 Å². The van der Waals surface area contributed by atoms with Crippen LogP contribution in [-0.4, -0.2) is 6.72 Å². The Bertz CT molecular complexity index is 95.9. The third-order valence-electron chi connectivity index (χ3n) is 0.279. The van der Waals surface area contributed by atoms with Crippen LogP contribution in [0.5, 0.6) is 0 Å². The minimum absolute atomic E-state index is 0.160. The summed E-state index contributed by atoms with van der Waals surface area (Å²) in [5.74, 6) is 0. The van der Waals surface area contributed by atoms with Gasteiger partial charge in [0.25, 0.3) is 0 Å². The lowest BCUT2D eigenvalue weighted by Crippen LogP contribution is -1.31. The third kappa shape index (κ3) is 5.94. The molecule has 0 aliphatic rings. The molecule has 0 unspecified atom stereocenters. The molecule has 0 heterocycles. The van der Waals surface area contributed by atoms with Crippen LogP contribution in [0.3, 0.4) is 0 Å². The summed E-state index contributed by atoms with van der Waals surface area (Å²) in [6, 6.07) is 0. The number of hydrogen-bond donors (Lipinski definition) is 0. The van der Waals surface area contributed by atoms with Gasteiger partial charge in [0, 0.05) is 27.8 Å². The fourth-order valence-electron chi connectivity index (χ4n) is 0.112. The predicted molar refractivity (Wildman–Crippen MR) is 40.8 cm³/mol. The molecule has 0 aromatic heterocycles. The van der Waals surface area contributed by atoms with Crippen molar-refractivity contribution in [3.8, 4) is 0 Å². The molecule has 0 bridgehead atoms. The molecule has 0 saturated carbocycles. The minimum atomic E-state index is -0.160. The highest BCUT2D eigenvalue weighted by Gasteiger charge is 1.54. The summed E-state index contributed by atoms with van der Waals surface area (Å²) in [5.41, 5.74) is 0. The van der Waals surface area contributed by atoms with Gasteiger partial charge in [0.15, 0.2) is 0 Å². The lowest BCUT2D eigenvalue weighted by Gasteiger charge is -1.64. The van der Waals surface area contributed by atoms with Gasteiger partial charge in [-0.2, -0.15) is 5.10 Å². The van der Waals surface area contributed by atoms with Crippen molar-refractivity contribution in [2.45, 2.75) is 6.92 Å². The molecule has 7 heavy (non-hydrogen) atoms. The summed E-state index contributed by atoms with van der Waals surface area (Å²) >= 11 is -0.160. The first-order chi connectivity index (χ1) is 3.41. The average Bonchev–Trinajstić information content (AvgIpc) is 1.69. The van der Waals surface area contributed by atoms with E-state index >= 15 is 0 Å². The number of allylic oxidation sites excluding steroid dienone is 1. The topological polar surface area (TPSA) is 24.7 Å². The van der Waals surface area contributed by atoms with Crippen LogP contribution in [0.1, 0.15) is 6.92 Å². The molecule has 0 aliphatic heterocycles. The van der Waals surface area contributed by atoms with Gasteiger partial charge in [-0.15, -0.1) is 3.25 Å². The largest absolute Gasteiger partial charge is 0.162 e. The number of hydrogen-bond acceptors (Lipinski definition) is 2. The van der Waals surface area contributed by atoms with Gasteiger partial charge < -0.3 is 0 Å². The van der Waals surface area contributed by atoms with Gasteiger partial charge in [-0.1, -0.05) is 6.08 Å². The van der Waals surface area contributed by atoms with Crippen molar-refractivity contribution >= 4 is 27.8 Å². The van der Waals surface area contributed by atoms with Crippen molar-refractivity contribution in [1.29, 1.82) is 0 Å². The molecule has 0 aromatic rings. The monoisotopic (exact) mass is 210 g/mol. The van der Waals surface area contributed by atoms with E-state index in [9.17, 15) is 0 Å². The molecular formula is C4H7IN2. The quantitative estimate of drug-likeness (QED) is 0.379. The Kier molecular flexibility index (Phi) is 5.89. The Hall–Kier alpha value is -0.0600. The second kappa shape index (κ2) is 5.94. The first kappa shape index (κ1) is 6.94. The zero-order chi connectivity index (χ0) is 5.54. The summed E-state index contributed by atoms with van der Waals surface area (Å²) in [7, 11) is 0. The van der Waals surface area contributed by atoms with Crippen molar-refractivity contribution in [2.75, 3.05) is 0 Å². The van der Waals surface area contributed by atoms with E-state index in [2.05, 4.69) is 15.1 Å². The van der Waals surface area contributed by atoms with E-state index in [1.54, 1.807) is 0 Å². The van der Waals surface area contributed by atoms with Crippen molar-refractivity contribution in [2.24, 2.45) is 8.36 Å². The van der Waals surface area contributed by atoms with Crippen molar-refractivity contribution in [3.63, 3.8) is 0 Å². The highest BCUT2D eigenvalue weighted by Crippen LogP contribution is 2.00. The smallest absolute Gasteiger partial charge is 0.0490 e. The van der Waals surface area contributed by atoms with Gasteiger partial charge in [0.05, 0.1) is 0 Å². The van der Waals surface area contributed by atoms with Crippen LogP contribution >= 0.6 is 21.0 Å². The van der Waals surface area contributed by atoms with Crippen LogP contribution in [0.2, 0.25) is 0 Å². The predicted octanol–water partition coefficient (Wildman–Crippen LogP) is 2.29. The fraction of sp³-hybridized carbons (Fsp3) is 0.250. The molecule has 0 aromatic carbocycles. The zero-order valence-corrected chi connectivity index (χ0v) is 6.29. The molecule has 0 aliphatic carbocycles. The molecule has 0 saturated heterocycles. The Morgan fingerprint density at radius 1 is 1.71 bits per heavy atom. The summed E-state index contributed by atoms with van der Waals surface area (Å²) in [4.78, 5) is 0. The van der Waals surface area contributed by atoms with Crippen LogP contribution in [-0.2, 0) is 0 Å². The molecule has 0 spiro atoms. The molecule has 40 valence electrons. The Labute approximate surface area is 53.5 Å². The van der Waals surface area contributed by atoms with Crippen LogP contribution in [0.15, 0.2) is 18.5 Å². The van der Waals surface area contributed by atoms with E-state index in [4.69, 9.17) is 0 Å². The highest BCUT2D eigenvalue weighted by molar-refractivity contribution is 14.2. The van der Waals surface area contributed by atoms with E-state index in [0.29, 0.717) is 0 Å². The lowest BCUT2D eigenvalue weighted by atomic mass is 10.8. The number of nitrogens with zero attached hydrogens (tertiary/aromatic N) is 2. The molecule has 0 atom stereocenters. The maximum absolute atomic E-state index is 3.70. The Morgan fingerprint density at radius 3 is 2.86 bits per heavy atom. The van der Waals surface area contributed by atoms with Crippen LogP contribution in [0.25, 0.3) is 0 Å². The second-order valence-electron chi connectivity index (χ2n) is 0.774. The Morgan fingerprint density at radius 2 is 2.43 bits per heavy atom. The van der Waals surface area contributed by atoms with E-state index in [1.165, 1.54) is 0 Å². The summed E-state index contributed by atoms with van der Waals surface area (Å²) < 4.78 is 5.72. The maximum atomic E-state index is 3.70. The number of rotatable bonds is 2. The standard InChI is InChI=1S/C4H7IN2/c1-3-4-5-7-6-2/h3-4H,2H2,1H3/b4-3-. The van der Waals surface area contributed by atoms with Crippen molar-refractivity contribution in [3.05, 3.63) is 10.2 Å². The SMILES string of the molecule is C=NN=I/C=C\C. The summed E-state index contributed by atoms with van der Waals surface area (Å²) in [5, 5.41) is 3.35. The molecule has 0 fully saturated rings. The van der Waals surface area contributed by atoms with E-state index in [1.807, 2.05) is 17.1 Å². The summed E-state index contributed by atoms with van der Waals surface area (Å²) in [6.45, 7) is 5.18. The highest BCUT2D eigenvalue weighted by atomic mass is 127. The molecule has 0 rings (SSSR count).